The van der Waals surface area contributed by atoms with Crippen molar-refractivity contribution in [2.24, 2.45) is 40.9 Å². The van der Waals surface area contributed by atoms with E-state index in [4.69, 9.17) is 28.4 Å². The standard InChI is InChI=1S/C56H87NO16/c1-33-17-13-12-14-18-34(2)45(68-9)29-41-22-20-39(7)56(67,73-41)51(63)52(64)57-24-16-15-19-42(57)53(65)71-46(30-43(60)35(3)26-38(6)49(62)50(70-11)48(61)37(5)25-33)36(4)27-40-21-23-44(47(28-40)69-10)72-54(66)55(8,31-58)32-59/h12-14,17-18,26,33,35-37,39-42,44-47,49-50,58-59,62,67H,15-16,19-25,27-32H2,1-11H3/b14-12?,17-13+,34-18?,38-26+/t33-,35-,36?,37-,39-,40?,41+,42+,44-,45+,46+,47-,49-,50+,56-/m1/s1. The van der Waals surface area contributed by atoms with Crippen LogP contribution in [0.25, 0.3) is 0 Å². The average molecular weight is 1030 g/mol. The van der Waals surface area contributed by atoms with Crippen LogP contribution in [0, 0.1) is 40.9 Å². The van der Waals surface area contributed by atoms with E-state index in [2.05, 4.69) is 0 Å². The summed E-state index contributed by atoms with van der Waals surface area (Å²) in [6, 6.07) is -1.20. The van der Waals surface area contributed by atoms with Crippen LogP contribution >= 0.6 is 0 Å². The SMILES string of the molecule is CO[C@H]1C[C@@H]2CC[C@@H](C)[C@@](O)(O2)C(=O)C(=O)N2CCCC[C@H]2C(=O)O[C@H](C(C)CC2CC[C@@H](OC(=O)C(C)(CO)CO)[C@H](OC)C2)CC(=O)[C@H](C)/C=C(\C)[C@@H](O)[C@@H](OC)C(=O)[C@H](C)C[C@H](C)/C=C/C=CC=C1C. The highest BCUT2D eigenvalue weighted by atomic mass is 16.6. The molecule has 2 unspecified atom stereocenters. The van der Waals surface area contributed by atoms with E-state index in [1.807, 2.05) is 51.2 Å². The molecule has 1 amide bonds. The molecule has 4 rings (SSSR count). The molecule has 73 heavy (non-hydrogen) atoms. The van der Waals surface area contributed by atoms with Crippen LogP contribution in [0.15, 0.2) is 47.6 Å². The fraction of sp³-hybridized carbons (Fsp3) is 0.750. The molecule has 0 aromatic rings. The van der Waals surface area contributed by atoms with E-state index in [9.17, 15) is 49.2 Å². The van der Waals surface area contributed by atoms with E-state index in [0.717, 1.165) is 10.5 Å². The monoisotopic (exact) mass is 1030 g/mol. The normalized spacial score (nSPS) is 36.3. The first-order chi connectivity index (χ1) is 34.5. The third-order valence-corrected chi connectivity index (χ3v) is 15.9. The Hall–Kier alpha value is -3.94. The molecule has 15 atom stereocenters. The lowest BCUT2D eigenvalue weighted by Crippen LogP contribution is -2.61. The molecule has 3 heterocycles. The summed E-state index contributed by atoms with van der Waals surface area (Å²) in [5, 5.41) is 43.1. The van der Waals surface area contributed by atoms with Gasteiger partial charge in [0.05, 0.1) is 31.5 Å². The van der Waals surface area contributed by atoms with Gasteiger partial charge in [-0.3, -0.25) is 24.0 Å². The van der Waals surface area contributed by atoms with Crippen molar-refractivity contribution in [3.63, 3.8) is 0 Å². The third-order valence-electron chi connectivity index (χ3n) is 15.9. The Morgan fingerprint density at radius 2 is 1.56 bits per heavy atom. The fourth-order valence-corrected chi connectivity index (χ4v) is 10.7. The van der Waals surface area contributed by atoms with Gasteiger partial charge >= 0.3 is 11.9 Å². The second kappa shape index (κ2) is 28.3. The molecule has 412 valence electrons. The number of ether oxygens (including phenoxy) is 6. The van der Waals surface area contributed by atoms with Crippen LogP contribution in [0.1, 0.15) is 132 Å². The maximum absolute atomic E-state index is 14.5. The summed E-state index contributed by atoms with van der Waals surface area (Å²) in [6.07, 6.45) is 9.76. The molecule has 0 aromatic heterocycles. The summed E-state index contributed by atoms with van der Waals surface area (Å²) < 4.78 is 35.4. The second-order valence-electron chi connectivity index (χ2n) is 21.8. The number of rotatable bonds is 10. The quantitative estimate of drug-likeness (QED) is 0.116. The van der Waals surface area contributed by atoms with E-state index in [1.54, 1.807) is 40.9 Å². The predicted octanol–water partition coefficient (Wildman–Crippen LogP) is 5.72. The van der Waals surface area contributed by atoms with Gasteiger partial charge in [-0.25, -0.2) is 4.79 Å². The number of nitrogens with zero attached hydrogens (tertiary/aromatic N) is 1. The lowest BCUT2D eigenvalue weighted by molar-refractivity contribution is -0.265. The number of carbonyl (C=O) groups is 6. The maximum atomic E-state index is 14.5. The maximum Gasteiger partial charge on any atom is 0.329 e. The number of allylic oxidation sites excluding steroid dienone is 6. The van der Waals surface area contributed by atoms with Crippen molar-refractivity contribution in [3.8, 4) is 0 Å². The van der Waals surface area contributed by atoms with Crippen LogP contribution in [0.3, 0.4) is 0 Å². The molecular formula is C56H87NO16. The summed E-state index contributed by atoms with van der Waals surface area (Å²) in [5.74, 6) is -9.36. The Balaban J connectivity index is 1.69. The molecule has 0 radical (unpaired) electrons. The van der Waals surface area contributed by atoms with Crippen LogP contribution in [0.5, 0.6) is 0 Å². The number of aliphatic hydroxyl groups excluding tert-OH is 3. The molecule has 17 heteroatoms. The van der Waals surface area contributed by atoms with Gasteiger partial charge in [0, 0.05) is 58.5 Å². The first kappa shape index (κ1) is 61.6. The molecule has 3 fully saturated rings. The van der Waals surface area contributed by atoms with Gasteiger partial charge in [-0.2, -0.15) is 0 Å². The molecule has 2 saturated heterocycles. The average Bonchev–Trinajstić information content (AvgIpc) is 3.37. The fourth-order valence-electron chi connectivity index (χ4n) is 10.7. The number of amides is 1. The highest BCUT2D eigenvalue weighted by Crippen LogP contribution is 2.38. The molecule has 3 aliphatic heterocycles. The Bertz CT molecular complexity index is 2010. The van der Waals surface area contributed by atoms with Crippen molar-refractivity contribution in [2.45, 2.75) is 187 Å². The highest BCUT2D eigenvalue weighted by molar-refractivity contribution is 6.39. The molecular weight excluding hydrogens is 943 g/mol. The van der Waals surface area contributed by atoms with Crippen LogP contribution in [-0.2, 0) is 57.2 Å². The van der Waals surface area contributed by atoms with Gasteiger partial charge in [-0.1, -0.05) is 71.1 Å². The zero-order valence-electron chi connectivity index (χ0n) is 45.3. The molecule has 1 aliphatic carbocycles. The molecule has 2 bridgehead atoms. The molecule has 4 N–H and O–H groups in total. The number of aliphatic hydroxyl groups is 4. The molecule has 4 aliphatic rings. The number of cyclic esters (lactones) is 1. The number of piperidine rings is 1. The zero-order chi connectivity index (χ0) is 54.4. The van der Waals surface area contributed by atoms with E-state index >= 15 is 0 Å². The smallest absolute Gasteiger partial charge is 0.329 e. The first-order valence-corrected chi connectivity index (χ1v) is 26.4. The Morgan fingerprint density at radius 1 is 0.863 bits per heavy atom. The number of hydrogen-bond acceptors (Lipinski definition) is 16. The third kappa shape index (κ3) is 16.0. The lowest BCUT2D eigenvalue weighted by Gasteiger charge is -2.42. The van der Waals surface area contributed by atoms with E-state index in [-0.39, 0.29) is 42.8 Å². The number of methoxy groups -OCH3 is 3. The Kier molecular flexibility index (Phi) is 23.9. The summed E-state index contributed by atoms with van der Waals surface area (Å²) in [7, 11) is 4.43. The molecule has 0 aromatic carbocycles. The van der Waals surface area contributed by atoms with Crippen molar-refractivity contribution < 1.29 is 77.6 Å². The van der Waals surface area contributed by atoms with E-state index in [1.165, 1.54) is 21.1 Å². The van der Waals surface area contributed by atoms with Gasteiger partial charge in [0.2, 0.25) is 5.79 Å². The summed E-state index contributed by atoms with van der Waals surface area (Å²) in [4.78, 5) is 85.4. The topological polar surface area (TPSA) is 242 Å². The molecule has 0 spiro atoms. The van der Waals surface area contributed by atoms with Gasteiger partial charge in [0.15, 0.2) is 5.78 Å². The zero-order valence-corrected chi connectivity index (χ0v) is 45.3. The van der Waals surface area contributed by atoms with Gasteiger partial charge in [0.1, 0.15) is 41.7 Å². The van der Waals surface area contributed by atoms with Crippen molar-refractivity contribution in [3.05, 3.63) is 47.6 Å². The highest BCUT2D eigenvalue weighted by Gasteiger charge is 2.53. The Morgan fingerprint density at radius 3 is 2.21 bits per heavy atom. The van der Waals surface area contributed by atoms with Crippen molar-refractivity contribution in [1.82, 2.24) is 4.90 Å². The van der Waals surface area contributed by atoms with Crippen molar-refractivity contribution >= 4 is 35.2 Å². The van der Waals surface area contributed by atoms with E-state index in [0.29, 0.717) is 69.8 Å². The minimum absolute atomic E-state index is 0.00697. The molecule has 17 nitrogen and oxygen atoms in total. The number of fused-ring (bicyclic) bond motifs is 3. The lowest BCUT2D eigenvalue weighted by atomic mass is 9.78. The molecule has 1 saturated carbocycles. The minimum atomic E-state index is -2.47. The summed E-state index contributed by atoms with van der Waals surface area (Å²) in [6.45, 7) is 12.7. The largest absolute Gasteiger partial charge is 0.460 e. The number of carbonyl (C=O) groups excluding carboxylic acids is 6. The number of ketones is 3. The Labute approximate surface area is 433 Å². The minimum Gasteiger partial charge on any atom is -0.460 e. The van der Waals surface area contributed by atoms with Crippen LogP contribution in [0.2, 0.25) is 0 Å². The summed E-state index contributed by atoms with van der Waals surface area (Å²) >= 11 is 0. The number of esters is 2. The van der Waals surface area contributed by atoms with Crippen molar-refractivity contribution in [2.75, 3.05) is 41.1 Å². The van der Waals surface area contributed by atoms with Gasteiger partial charge in [-0.05, 0) is 114 Å². The van der Waals surface area contributed by atoms with E-state index < -0.39 is 120 Å². The predicted molar refractivity (Wildman–Crippen MR) is 271 cm³/mol. The first-order valence-electron chi connectivity index (χ1n) is 26.4. The van der Waals surface area contributed by atoms with Gasteiger partial charge < -0.3 is 53.7 Å². The second-order valence-corrected chi connectivity index (χ2v) is 21.8. The number of hydrogen-bond donors (Lipinski definition) is 4. The number of Topliss-reactive ketones (excluding diaryl/α,β-unsaturated/α-hetero) is 3. The summed E-state index contributed by atoms with van der Waals surface area (Å²) in [5.41, 5.74) is -0.277. The van der Waals surface area contributed by atoms with Crippen LogP contribution < -0.4 is 0 Å². The van der Waals surface area contributed by atoms with Crippen LogP contribution in [-0.4, -0.2) is 156 Å². The van der Waals surface area contributed by atoms with Crippen molar-refractivity contribution in [1.29, 1.82) is 0 Å². The van der Waals surface area contributed by atoms with Gasteiger partial charge in [0.25, 0.3) is 11.7 Å². The van der Waals surface area contributed by atoms with Crippen LogP contribution in [0.4, 0.5) is 0 Å². The van der Waals surface area contributed by atoms with Gasteiger partial charge in [-0.15, -0.1) is 0 Å².